The molecule has 0 radical (unpaired) electrons. The maximum absolute atomic E-state index is 8.72. The lowest BCUT2D eigenvalue weighted by molar-refractivity contribution is 0.257. The van der Waals surface area contributed by atoms with Crippen LogP contribution >= 0.6 is 0 Å². The van der Waals surface area contributed by atoms with Crippen LogP contribution < -0.4 is 0 Å². The Morgan fingerprint density at radius 1 is 1.09 bits per heavy atom. The normalized spacial score (nSPS) is 24.5. The highest BCUT2D eigenvalue weighted by molar-refractivity contribution is 4.91. The minimum atomic E-state index is 0.399. The molecule has 0 aliphatic heterocycles. The summed E-state index contributed by atoms with van der Waals surface area (Å²) in [5, 5.41) is 8.72. The molecule has 1 N–H and O–H groups in total. The molecule has 0 spiro atoms. The summed E-state index contributed by atoms with van der Waals surface area (Å²) in [4.78, 5) is 0. The second-order valence-corrected chi connectivity index (χ2v) is 4.20. The van der Waals surface area contributed by atoms with Crippen molar-refractivity contribution < 1.29 is 5.11 Å². The summed E-state index contributed by atoms with van der Waals surface area (Å²) in [5.41, 5.74) is 0. The maximum atomic E-state index is 8.72. The van der Waals surface area contributed by atoms with E-state index in [9.17, 15) is 0 Å². The van der Waals surface area contributed by atoms with Crippen LogP contribution in [0.15, 0.2) is 0 Å². The zero-order valence-electron chi connectivity index (χ0n) is 7.13. The summed E-state index contributed by atoms with van der Waals surface area (Å²) >= 11 is 0. The van der Waals surface area contributed by atoms with Crippen molar-refractivity contribution >= 4 is 0 Å². The molecule has 0 aromatic heterocycles. The van der Waals surface area contributed by atoms with Crippen LogP contribution in [0, 0.1) is 17.8 Å². The fourth-order valence-electron chi connectivity index (χ4n) is 2.23. The lowest BCUT2D eigenvalue weighted by Gasteiger charge is -2.13. The van der Waals surface area contributed by atoms with Gasteiger partial charge in [-0.1, -0.05) is 0 Å². The Hall–Kier alpha value is -0.0400. The summed E-state index contributed by atoms with van der Waals surface area (Å²) in [7, 11) is 0. The van der Waals surface area contributed by atoms with Gasteiger partial charge in [-0.15, -0.1) is 0 Å². The van der Waals surface area contributed by atoms with Crippen LogP contribution in [0.1, 0.15) is 38.5 Å². The zero-order valence-corrected chi connectivity index (χ0v) is 7.13. The third kappa shape index (κ3) is 1.96. The molecule has 11 heavy (non-hydrogen) atoms. The topological polar surface area (TPSA) is 20.2 Å². The second kappa shape index (κ2) is 3.14. The summed E-state index contributed by atoms with van der Waals surface area (Å²) in [6, 6.07) is 0. The van der Waals surface area contributed by atoms with Gasteiger partial charge in [-0.2, -0.15) is 0 Å². The predicted octanol–water partition coefficient (Wildman–Crippen LogP) is 2.20. The molecule has 2 fully saturated rings. The van der Waals surface area contributed by atoms with Crippen molar-refractivity contribution in [2.45, 2.75) is 38.5 Å². The van der Waals surface area contributed by atoms with Gasteiger partial charge in [-0.25, -0.2) is 0 Å². The van der Waals surface area contributed by atoms with Gasteiger partial charge in [0.15, 0.2) is 0 Å². The minimum absolute atomic E-state index is 0.399. The molecule has 0 amide bonds. The van der Waals surface area contributed by atoms with E-state index in [1.54, 1.807) is 0 Å². The van der Waals surface area contributed by atoms with Crippen LogP contribution in [0.4, 0.5) is 0 Å². The molecule has 0 atom stereocenters. The van der Waals surface area contributed by atoms with Crippen molar-refractivity contribution in [2.24, 2.45) is 17.8 Å². The van der Waals surface area contributed by atoms with Gasteiger partial charge in [0.25, 0.3) is 0 Å². The average Bonchev–Trinajstić information content (AvgIpc) is 2.85. The van der Waals surface area contributed by atoms with Gasteiger partial charge in [0.1, 0.15) is 0 Å². The Kier molecular flexibility index (Phi) is 2.17. The van der Waals surface area contributed by atoms with Crippen LogP contribution in [0.5, 0.6) is 0 Å². The second-order valence-electron chi connectivity index (χ2n) is 4.20. The first-order valence-corrected chi connectivity index (χ1v) is 5.02. The summed E-state index contributed by atoms with van der Waals surface area (Å²) in [6.45, 7) is 0.399. The largest absolute Gasteiger partial charge is 0.396 e. The van der Waals surface area contributed by atoms with Gasteiger partial charge >= 0.3 is 0 Å². The van der Waals surface area contributed by atoms with E-state index in [1.807, 2.05) is 0 Å². The van der Waals surface area contributed by atoms with Gasteiger partial charge < -0.3 is 5.11 Å². The van der Waals surface area contributed by atoms with E-state index >= 15 is 0 Å². The van der Waals surface area contributed by atoms with Crippen molar-refractivity contribution in [1.29, 1.82) is 0 Å². The molecule has 64 valence electrons. The molecular formula is C10H18O. The van der Waals surface area contributed by atoms with Gasteiger partial charge in [0.05, 0.1) is 0 Å². The van der Waals surface area contributed by atoms with Crippen LogP contribution in [-0.2, 0) is 0 Å². The van der Waals surface area contributed by atoms with Gasteiger partial charge in [-0.3, -0.25) is 0 Å². The van der Waals surface area contributed by atoms with E-state index in [-0.39, 0.29) is 0 Å². The monoisotopic (exact) mass is 154 g/mol. The van der Waals surface area contributed by atoms with Gasteiger partial charge in [-0.05, 0) is 56.3 Å². The number of aliphatic hydroxyl groups is 1. The summed E-state index contributed by atoms with van der Waals surface area (Å²) < 4.78 is 0. The van der Waals surface area contributed by atoms with Gasteiger partial charge in [0.2, 0.25) is 0 Å². The molecule has 2 saturated carbocycles. The van der Waals surface area contributed by atoms with Crippen LogP contribution in [-0.4, -0.2) is 11.7 Å². The highest BCUT2D eigenvalue weighted by atomic mass is 16.2. The smallest absolute Gasteiger partial charge is 0.0431 e. The van der Waals surface area contributed by atoms with Crippen LogP contribution in [0.3, 0.4) is 0 Å². The molecule has 0 saturated heterocycles. The first kappa shape index (κ1) is 7.60. The molecule has 0 aromatic rings. The predicted molar refractivity (Wildman–Crippen MR) is 45.3 cm³/mol. The van der Waals surface area contributed by atoms with E-state index < -0.39 is 0 Å². The quantitative estimate of drug-likeness (QED) is 0.643. The van der Waals surface area contributed by atoms with Crippen molar-refractivity contribution in [3.63, 3.8) is 0 Å². The molecule has 0 bridgehead atoms. The third-order valence-corrected chi connectivity index (χ3v) is 3.15. The fraction of sp³-hybridized carbons (Fsp3) is 1.00. The molecule has 1 heteroatoms. The van der Waals surface area contributed by atoms with E-state index in [2.05, 4.69) is 0 Å². The van der Waals surface area contributed by atoms with Crippen LogP contribution in [0.25, 0.3) is 0 Å². The Morgan fingerprint density at radius 3 is 2.00 bits per heavy atom. The average molecular weight is 154 g/mol. The molecule has 2 aliphatic rings. The fourth-order valence-corrected chi connectivity index (χ4v) is 2.23. The molecule has 2 rings (SSSR count). The highest BCUT2D eigenvalue weighted by Gasteiger charge is 2.40. The SMILES string of the molecule is OCCCC(C1CC1)C1CC1. The Morgan fingerprint density at radius 2 is 1.64 bits per heavy atom. The molecule has 0 unspecified atom stereocenters. The molecule has 0 heterocycles. The van der Waals surface area contributed by atoms with E-state index in [0.717, 1.165) is 24.2 Å². The standard InChI is InChI=1S/C10H18O/c11-7-1-2-10(8-3-4-8)9-5-6-9/h8-11H,1-7H2. The lowest BCUT2D eigenvalue weighted by Crippen LogP contribution is -2.06. The maximum Gasteiger partial charge on any atom is 0.0431 e. The van der Waals surface area contributed by atoms with E-state index in [0.29, 0.717) is 6.61 Å². The Balaban J connectivity index is 1.73. The van der Waals surface area contributed by atoms with Crippen molar-refractivity contribution in [3.8, 4) is 0 Å². The summed E-state index contributed by atoms with van der Waals surface area (Å²) in [6.07, 6.45) is 8.25. The Bertz CT molecular complexity index is 113. The molecule has 1 nitrogen and oxygen atoms in total. The van der Waals surface area contributed by atoms with E-state index in [1.165, 1.54) is 32.1 Å². The van der Waals surface area contributed by atoms with Crippen molar-refractivity contribution in [3.05, 3.63) is 0 Å². The number of aliphatic hydroxyl groups excluding tert-OH is 1. The number of hydrogen-bond donors (Lipinski definition) is 1. The molecule has 0 aromatic carbocycles. The lowest BCUT2D eigenvalue weighted by atomic mass is 9.93. The third-order valence-electron chi connectivity index (χ3n) is 3.15. The minimum Gasteiger partial charge on any atom is -0.396 e. The first-order valence-electron chi connectivity index (χ1n) is 5.02. The number of rotatable bonds is 5. The van der Waals surface area contributed by atoms with Gasteiger partial charge in [0, 0.05) is 6.61 Å². The van der Waals surface area contributed by atoms with E-state index in [4.69, 9.17) is 5.11 Å². The number of hydrogen-bond acceptors (Lipinski definition) is 1. The Labute approximate surface area is 68.8 Å². The van der Waals surface area contributed by atoms with Crippen molar-refractivity contribution in [2.75, 3.05) is 6.61 Å². The van der Waals surface area contributed by atoms with Crippen molar-refractivity contribution in [1.82, 2.24) is 0 Å². The highest BCUT2D eigenvalue weighted by Crippen LogP contribution is 2.50. The summed E-state index contributed by atoms with van der Waals surface area (Å²) in [5.74, 6) is 3.13. The van der Waals surface area contributed by atoms with Crippen LogP contribution in [0.2, 0.25) is 0 Å². The zero-order chi connectivity index (χ0) is 7.68. The first-order chi connectivity index (χ1) is 5.42. The molecular weight excluding hydrogens is 136 g/mol. The molecule has 2 aliphatic carbocycles.